The highest BCUT2D eigenvalue weighted by molar-refractivity contribution is 6.31. The molecule has 0 spiro atoms. The van der Waals surface area contributed by atoms with Gasteiger partial charge in [0.25, 0.3) is 5.91 Å². The van der Waals surface area contributed by atoms with E-state index >= 15 is 0 Å². The van der Waals surface area contributed by atoms with Crippen LogP contribution >= 0.6 is 11.6 Å². The van der Waals surface area contributed by atoms with Crippen LogP contribution in [-0.4, -0.2) is 29.1 Å². The van der Waals surface area contributed by atoms with E-state index in [1.54, 1.807) is 24.3 Å². The summed E-state index contributed by atoms with van der Waals surface area (Å²) in [5.41, 5.74) is 2.08. The third-order valence-electron chi connectivity index (χ3n) is 4.59. The molecule has 8 heteroatoms. The normalized spacial score (nSPS) is 11.6. The van der Waals surface area contributed by atoms with Gasteiger partial charge in [-0.1, -0.05) is 29.8 Å². The van der Waals surface area contributed by atoms with Crippen LogP contribution in [0.25, 0.3) is 11.3 Å². The second kappa shape index (κ2) is 9.57. The van der Waals surface area contributed by atoms with Crippen LogP contribution in [0.15, 0.2) is 54.6 Å². The number of methoxy groups -OCH3 is 1. The molecule has 31 heavy (non-hydrogen) atoms. The number of nitrogens with zero attached hydrogens (tertiary/aromatic N) is 1. The largest absolute Gasteiger partial charge is 0.494 e. The van der Waals surface area contributed by atoms with Crippen LogP contribution < -0.4 is 10.1 Å². The number of aryl methyl sites for hydroxylation is 1. The molecule has 1 unspecified atom stereocenters. The predicted molar refractivity (Wildman–Crippen MR) is 115 cm³/mol. The lowest BCUT2D eigenvalue weighted by Crippen LogP contribution is -2.31. The van der Waals surface area contributed by atoms with Crippen molar-refractivity contribution in [1.82, 2.24) is 10.3 Å². The first-order valence-electron chi connectivity index (χ1n) is 9.38. The molecule has 1 aromatic heterocycles. The number of carboxylic acids is 1. The molecule has 0 aliphatic heterocycles. The van der Waals surface area contributed by atoms with Crippen LogP contribution in [0, 0.1) is 12.7 Å². The van der Waals surface area contributed by atoms with Gasteiger partial charge < -0.3 is 15.2 Å². The van der Waals surface area contributed by atoms with E-state index in [1.165, 1.54) is 31.4 Å². The van der Waals surface area contributed by atoms with Crippen LogP contribution in [0.1, 0.15) is 34.1 Å². The van der Waals surface area contributed by atoms with E-state index in [-0.39, 0.29) is 11.3 Å². The third kappa shape index (κ3) is 5.38. The Morgan fingerprint density at radius 2 is 1.94 bits per heavy atom. The standard InChI is InChI=1S/C23H20ClFN2O4/c1-13-9-14(11-15(24)10-13)22-20(31-2)8-7-18(26-22)23(30)27-19(12-21(28)29)16-5-3-4-6-17(16)25/h3-11,19H,12H2,1-2H3,(H,27,30)(H,28,29). The number of aromatic nitrogens is 1. The fourth-order valence-corrected chi connectivity index (χ4v) is 3.51. The van der Waals surface area contributed by atoms with Crippen molar-refractivity contribution < 1.29 is 23.8 Å². The summed E-state index contributed by atoms with van der Waals surface area (Å²) in [6.07, 6.45) is -0.483. The summed E-state index contributed by atoms with van der Waals surface area (Å²) >= 11 is 6.16. The number of carbonyl (C=O) groups is 2. The zero-order chi connectivity index (χ0) is 22.5. The van der Waals surface area contributed by atoms with E-state index < -0.39 is 30.2 Å². The number of hydrogen-bond acceptors (Lipinski definition) is 4. The monoisotopic (exact) mass is 442 g/mol. The molecule has 1 heterocycles. The van der Waals surface area contributed by atoms with Crippen molar-refractivity contribution in [2.24, 2.45) is 0 Å². The average Bonchev–Trinajstić information content (AvgIpc) is 2.72. The number of aliphatic carboxylic acids is 1. The highest BCUT2D eigenvalue weighted by Crippen LogP contribution is 2.31. The van der Waals surface area contributed by atoms with E-state index in [1.807, 2.05) is 13.0 Å². The van der Waals surface area contributed by atoms with Crippen LogP contribution in [-0.2, 0) is 4.79 Å². The van der Waals surface area contributed by atoms with Gasteiger partial charge >= 0.3 is 5.97 Å². The average molecular weight is 443 g/mol. The minimum atomic E-state index is -1.17. The van der Waals surface area contributed by atoms with Gasteiger partial charge in [-0.3, -0.25) is 9.59 Å². The van der Waals surface area contributed by atoms with E-state index in [9.17, 15) is 19.1 Å². The number of ether oxygens (including phenoxy) is 1. The highest BCUT2D eigenvalue weighted by Gasteiger charge is 2.23. The van der Waals surface area contributed by atoms with Crippen LogP contribution in [0.4, 0.5) is 4.39 Å². The lowest BCUT2D eigenvalue weighted by Gasteiger charge is -2.18. The zero-order valence-electron chi connectivity index (χ0n) is 16.9. The number of hydrogen-bond donors (Lipinski definition) is 2. The maximum Gasteiger partial charge on any atom is 0.305 e. The van der Waals surface area contributed by atoms with Gasteiger partial charge in [0, 0.05) is 16.1 Å². The summed E-state index contributed by atoms with van der Waals surface area (Å²) in [4.78, 5) is 28.6. The molecular weight excluding hydrogens is 423 g/mol. The molecule has 0 fully saturated rings. The van der Waals surface area contributed by atoms with Crippen molar-refractivity contribution in [3.05, 3.63) is 82.3 Å². The fraction of sp³-hybridized carbons (Fsp3) is 0.174. The first-order chi connectivity index (χ1) is 14.8. The lowest BCUT2D eigenvalue weighted by molar-refractivity contribution is -0.137. The maximum absolute atomic E-state index is 14.2. The van der Waals surface area contributed by atoms with E-state index in [2.05, 4.69) is 10.3 Å². The van der Waals surface area contributed by atoms with Crippen LogP contribution in [0.5, 0.6) is 5.75 Å². The SMILES string of the molecule is COc1ccc(C(=O)NC(CC(=O)O)c2ccccc2F)nc1-c1cc(C)cc(Cl)c1. The molecule has 0 radical (unpaired) electrons. The summed E-state index contributed by atoms with van der Waals surface area (Å²) in [7, 11) is 1.48. The molecule has 0 saturated carbocycles. The molecular formula is C23H20ClFN2O4. The number of nitrogens with one attached hydrogen (secondary N) is 1. The summed E-state index contributed by atoms with van der Waals surface area (Å²) in [5.74, 6) is -1.98. The van der Waals surface area contributed by atoms with Crippen molar-refractivity contribution in [2.45, 2.75) is 19.4 Å². The number of halogens is 2. The molecule has 3 rings (SSSR count). The Kier molecular flexibility index (Phi) is 6.87. The van der Waals surface area contributed by atoms with Crippen molar-refractivity contribution in [1.29, 1.82) is 0 Å². The van der Waals surface area contributed by atoms with Gasteiger partial charge in [0.05, 0.1) is 19.6 Å². The minimum absolute atomic E-state index is 0.0279. The highest BCUT2D eigenvalue weighted by atomic mass is 35.5. The molecule has 6 nitrogen and oxygen atoms in total. The van der Waals surface area contributed by atoms with Gasteiger partial charge in [0.15, 0.2) is 0 Å². The number of carboxylic acid groups (broad SMARTS) is 1. The van der Waals surface area contributed by atoms with Gasteiger partial charge in [-0.05, 0) is 48.9 Å². The minimum Gasteiger partial charge on any atom is -0.494 e. The van der Waals surface area contributed by atoms with Gasteiger partial charge in [-0.15, -0.1) is 0 Å². The summed E-state index contributed by atoms with van der Waals surface area (Å²) in [6.45, 7) is 1.88. The zero-order valence-corrected chi connectivity index (χ0v) is 17.6. The number of benzene rings is 2. The molecule has 0 saturated heterocycles. The summed E-state index contributed by atoms with van der Waals surface area (Å²) < 4.78 is 19.6. The molecule has 2 N–H and O–H groups in total. The molecule has 0 bridgehead atoms. The number of amides is 1. The second-order valence-electron chi connectivity index (χ2n) is 6.91. The van der Waals surface area contributed by atoms with Gasteiger partial charge in [0.1, 0.15) is 23.0 Å². The lowest BCUT2D eigenvalue weighted by atomic mass is 10.0. The molecule has 3 aromatic rings. The Labute approximate surface area is 183 Å². The molecule has 1 atom stereocenters. The van der Waals surface area contributed by atoms with Gasteiger partial charge in [-0.2, -0.15) is 0 Å². The molecule has 2 aromatic carbocycles. The van der Waals surface area contributed by atoms with E-state index in [4.69, 9.17) is 16.3 Å². The number of rotatable bonds is 7. The van der Waals surface area contributed by atoms with Crippen molar-refractivity contribution in [3.63, 3.8) is 0 Å². The first-order valence-corrected chi connectivity index (χ1v) is 9.76. The number of pyridine rings is 1. The van der Waals surface area contributed by atoms with Crippen molar-refractivity contribution in [2.75, 3.05) is 7.11 Å². The second-order valence-corrected chi connectivity index (χ2v) is 7.35. The summed E-state index contributed by atoms with van der Waals surface area (Å²) in [6, 6.07) is 13.0. The van der Waals surface area contributed by atoms with Crippen LogP contribution in [0.3, 0.4) is 0 Å². The summed E-state index contributed by atoms with van der Waals surface area (Å²) in [5, 5.41) is 12.3. The topological polar surface area (TPSA) is 88.5 Å². The Bertz CT molecular complexity index is 1120. The van der Waals surface area contributed by atoms with Gasteiger partial charge in [0.2, 0.25) is 0 Å². The Morgan fingerprint density at radius 1 is 1.19 bits per heavy atom. The number of carbonyl (C=O) groups excluding carboxylic acids is 1. The van der Waals surface area contributed by atoms with Crippen molar-refractivity contribution >= 4 is 23.5 Å². The molecule has 0 aliphatic rings. The first kappa shape index (κ1) is 22.2. The third-order valence-corrected chi connectivity index (χ3v) is 4.81. The Morgan fingerprint density at radius 3 is 2.58 bits per heavy atom. The Balaban J connectivity index is 1.97. The predicted octanol–water partition coefficient (Wildman–Crippen LogP) is 4.80. The quantitative estimate of drug-likeness (QED) is 0.548. The molecule has 1 amide bonds. The maximum atomic E-state index is 14.2. The van der Waals surface area contributed by atoms with E-state index in [0.717, 1.165) is 5.56 Å². The van der Waals surface area contributed by atoms with Crippen molar-refractivity contribution in [3.8, 4) is 17.0 Å². The van der Waals surface area contributed by atoms with Crippen LogP contribution in [0.2, 0.25) is 5.02 Å². The fourth-order valence-electron chi connectivity index (χ4n) is 3.22. The van der Waals surface area contributed by atoms with Gasteiger partial charge in [-0.25, -0.2) is 9.37 Å². The smallest absolute Gasteiger partial charge is 0.305 e. The Hall–Kier alpha value is -3.45. The molecule has 0 aliphatic carbocycles. The van der Waals surface area contributed by atoms with E-state index in [0.29, 0.717) is 22.0 Å². The molecule has 160 valence electrons.